The number of carboxylic acids is 1. The minimum atomic E-state index is -1.30. The summed E-state index contributed by atoms with van der Waals surface area (Å²) in [7, 11) is 2.04. The Kier molecular flexibility index (Phi) is 6.10. The van der Waals surface area contributed by atoms with Crippen molar-refractivity contribution in [1.82, 2.24) is 4.90 Å². The Morgan fingerprint density at radius 2 is 2.14 bits per heavy atom. The Balaban J connectivity index is 2.63. The van der Waals surface area contributed by atoms with Crippen LogP contribution in [0.3, 0.4) is 0 Å². The summed E-state index contributed by atoms with van der Waals surface area (Å²) in [5.74, 6) is -1.30. The van der Waals surface area contributed by atoms with Crippen LogP contribution in [0.15, 0.2) is 18.2 Å². The summed E-state index contributed by atoms with van der Waals surface area (Å²) in [6.07, 6.45) is 0.897. The van der Waals surface area contributed by atoms with Gasteiger partial charge in [-0.05, 0) is 46.0 Å². The maximum Gasteiger partial charge on any atom is 0.342 e. The molecule has 0 atom stereocenters. The van der Waals surface area contributed by atoms with Crippen LogP contribution in [0.4, 0.5) is 11.4 Å². The number of benzene rings is 1. The molecule has 0 saturated carbocycles. The molecule has 0 aliphatic rings. The van der Waals surface area contributed by atoms with Crippen molar-refractivity contribution < 1.29 is 14.8 Å². The average Bonchev–Trinajstić information content (AvgIpc) is 2.42. The molecule has 0 unspecified atom stereocenters. The topological polar surface area (TPSA) is 95.7 Å². The van der Waals surface area contributed by atoms with Crippen molar-refractivity contribution in [3.63, 3.8) is 0 Å². The third kappa shape index (κ3) is 5.03. The largest absolute Gasteiger partial charge is 0.477 e. The molecule has 1 aromatic carbocycles. The minimum Gasteiger partial charge on any atom is -0.477 e. The fourth-order valence-electron chi connectivity index (χ4n) is 1.80. The maximum atomic E-state index is 11.0. The molecule has 0 fully saturated rings. The number of carbonyl (C=O) groups is 1. The Bertz CT molecular complexity index is 517. The van der Waals surface area contributed by atoms with Crippen molar-refractivity contribution in [3.8, 4) is 0 Å². The van der Waals surface area contributed by atoms with Crippen LogP contribution in [-0.2, 0) is 0 Å². The van der Waals surface area contributed by atoms with Crippen LogP contribution >= 0.6 is 0 Å². The van der Waals surface area contributed by atoms with Crippen molar-refractivity contribution in [2.45, 2.75) is 26.3 Å². The van der Waals surface area contributed by atoms with Crippen molar-refractivity contribution in [3.05, 3.63) is 33.9 Å². The predicted molar refractivity (Wildman–Crippen MR) is 80.9 cm³/mol. The molecule has 0 aromatic heterocycles. The van der Waals surface area contributed by atoms with Gasteiger partial charge < -0.3 is 15.3 Å². The van der Waals surface area contributed by atoms with Gasteiger partial charge in [0.15, 0.2) is 0 Å². The van der Waals surface area contributed by atoms with E-state index in [0.717, 1.165) is 13.0 Å². The highest BCUT2D eigenvalue weighted by Crippen LogP contribution is 2.22. The third-order valence-corrected chi connectivity index (χ3v) is 3.32. The van der Waals surface area contributed by atoms with Crippen LogP contribution in [0.25, 0.3) is 0 Å². The minimum absolute atomic E-state index is 0.302. The lowest BCUT2D eigenvalue weighted by Gasteiger charge is -2.20. The quantitative estimate of drug-likeness (QED) is 0.434. The first kappa shape index (κ1) is 16.9. The zero-order valence-corrected chi connectivity index (χ0v) is 12.5. The van der Waals surface area contributed by atoms with E-state index in [-0.39, 0.29) is 5.56 Å². The lowest BCUT2D eigenvalue weighted by Crippen LogP contribution is -2.28. The second-order valence-corrected chi connectivity index (χ2v) is 5.15. The number of carboxylic acid groups (broad SMARTS) is 1. The number of hydrogen-bond acceptors (Lipinski definition) is 5. The molecule has 2 N–H and O–H groups in total. The first-order valence-corrected chi connectivity index (χ1v) is 6.78. The zero-order valence-electron chi connectivity index (χ0n) is 12.5. The lowest BCUT2D eigenvalue weighted by atomic mass is 10.1. The summed E-state index contributed by atoms with van der Waals surface area (Å²) in [6.45, 7) is 5.82. The van der Waals surface area contributed by atoms with E-state index in [1.807, 2.05) is 7.05 Å². The monoisotopic (exact) mass is 295 g/mol. The summed E-state index contributed by atoms with van der Waals surface area (Å²) in [5, 5.41) is 22.8. The Hall–Kier alpha value is -2.15. The number of nitrogens with one attached hydrogen (secondary N) is 1. The molecular formula is C14H21N3O4. The highest BCUT2D eigenvalue weighted by Gasteiger charge is 2.19. The number of rotatable bonds is 8. The number of aromatic carboxylic acids is 1. The highest BCUT2D eigenvalue weighted by atomic mass is 16.6. The number of nitro groups is 1. The van der Waals surface area contributed by atoms with Crippen molar-refractivity contribution in [1.29, 1.82) is 0 Å². The van der Waals surface area contributed by atoms with Gasteiger partial charge in [0.1, 0.15) is 5.56 Å². The van der Waals surface area contributed by atoms with Gasteiger partial charge in [-0.3, -0.25) is 10.1 Å². The SMILES string of the molecule is CC(C)N(C)CCCNc1ccc([N+](=O)[O-])c(C(=O)O)c1. The molecule has 0 radical (unpaired) electrons. The Morgan fingerprint density at radius 1 is 1.48 bits per heavy atom. The number of hydrogen-bond donors (Lipinski definition) is 2. The fourth-order valence-corrected chi connectivity index (χ4v) is 1.80. The maximum absolute atomic E-state index is 11.0. The lowest BCUT2D eigenvalue weighted by molar-refractivity contribution is -0.385. The third-order valence-electron chi connectivity index (χ3n) is 3.32. The predicted octanol–water partition coefficient (Wildman–Crippen LogP) is 2.44. The number of nitro benzene ring substituents is 1. The smallest absolute Gasteiger partial charge is 0.342 e. The molecule has 0 amide bonds. The summed E-state index contributed by atoms with van der Waals surface area (Å²) >= 11 is 0. The molecule has 0 bridgehead atoms. The van der Waals surface area contributed by atoms with Gasteiger partial charge in [-0.1, -0.05) is 0 Å². The van der Waals surface area contributed by atoms with Gasteiger partial charge in [-0.2, -0.15) is 0 Å². The summed E-state index contributed by atoms with van der Waals surface area (Å²) in [4.78, 5) is 23.3. The Morgan fingerprint density at radius 3 is 2.67 bits per heavy atom. The van der Waals surface area contributed by atoms with Gasteiger partial charge in [0.05, 0.1) is 4.92 Å². The van der Waals surface area contributed by atoms with E-state index in [2.05, 4.69) is 24.1 Å². The highest BCUT2D eigenvalue weighted by molar-refractivity contribution is 5.93. The van der Waals surface area contributed by atoms with Crippen LogP contribution < -0.4 is 5.32 Å². The van der Waals surface area contributed by atoms with Crippen LogP contribution in [0.2, 0.25) is 0 Å². The molecule has 7 nitrogen and oxygen atoms in total. The molecule has 7 heteroatoms. The molecule has 1 aromatic rings. The van der Waals surface area contributed by atoms with Gasteiger partial charge in [-0.25, -0.2) is 4.79 Å². The molecule has 0 spiro atoms. The van der Waals surface area contributed by atoms with Crippen molar-refractivity contribution >= 4 is 17.3 Å². The number of anilines is 1. The van der Waals surface area contributed by atoms with Crippen LogP contribution in [-0.4, -0.2) is 47.1 Å². The van der Waals surface area contributed by atoms with Gasteiger partial charge in [-0.15, -0.1) is 0 Å². The van der Waals surface area contributed by atoms with E-state index < -0.39 is 16.6 Å². The first-order valence-electron chi connectivity index (χ1n) is 6.78. The summed E-state index contributed by atoms with van der Waals surface area (Å²) < 4.78 is 0. The fraction of sp³-hybridized carbons (Fsp3) is 0.500. The van der Waals surface area contributed by atoms with Gasteiger partial charge in [0.25, 0.3) is 5.69 Å². The normalized spacial score (nSPS) is 10.9. The molecule has 0 aliphatic carbocycles. The van der Waals surface area contributed by atoms with E-state index in [0.29, 0.717) is 18.3 Å². The molecule has 0 aliphatic heterocycles. The van der Waals surface area contributed by atoms with Crippen molar-refractivity contribution in [2.24, 2.45) is 0 Å². The van der Waals surface area contributed by atoms with E-state index in [1.165, 1.54) is 18.2 Å². The van der Waals surface area contributed by atoms with E-state index in [4.69, 9.17) is 5.11 Å². The molecule has 0 heterocycles. The summed E-state index contributed by atoms with van der Waals surface area (Å²) in [6, 6.07) is 4.51. The summed E-state index contributed by atoms with van der Waals surface area (Å²) in [5.41, 5.74) is -0.123. The van der Waals surface area contributed by atoms with E-state index >= 15 is 0 Å². The molecule has 0 saturated heterocycles. The van der Waals surface area contributed by atoms with Crippen LogP contribution in [0, 0.1) is 10.1 Å². The standard InChI is InChI=1S/C14H21N3O4/c1-10(2)16(3)8-4-7-15-11-5-6-13(17(20)21)12(9-11)14(18)19/h5-6,9-10,15H,4,7-8H2,1-3H3,(H,18,19). The van der Waals surface area contributed by atoms with E-state index in [9.17, 15) is 14.9 Å². The first-order chi connectivity index (χ1) is 9.82. The second kappa shape index (κ2) is 7.58. The zero-order chi connectivity index (χ0) is 16.0. The van der Waals surface area contributed by atoms with E-state index in [1.54, 1.807) is 0 Å². The van der Waals surface area contributed by atoms with Crippen molar-refractivity contribution in [2.75, 3.05) is 25.5 Å². The van der Waals surface area contributed by atoms with Gasteiger partial charge >= 0.3 is 5.97 Å². The molecule has 1 rings (SSSR count). The van der Waals surface area contributed by atoms with Crippen LogP contribution in [0.1, 0.15) is 30.6 Å². The number of nitrogens with zero attached hydrogens (tertiary/aromatic N) is 2. The van der Waals surface area contributed by atoms with Crippen LogP contribution in [0.5, 0.6) is 0 Å². The molecule has 116 valence electrons. The van der Waals surface area contributed by atoms with Gasteiger partial charge in [0, 0.05) is 24.3 Å². The second-order valence-electron chi connectivity index (χ2n) is 5.15. The Labute approximate surface area is 123 Å². The average molecular weight is 295 g/mol. The molecular weight excluding hydrogens is 274 g/mol. The molecule has 21 heavy (non-hydrogen) atoms. The van der Waals surface area contributed by atoms with Gasteiger partial charge in [0.2, 0.25) is 0 Å².